The first-order valence-corrected chi connectivity index (χ1v) is 10.0. The molecular formula is C21H28N6O. The van der Waals surface area contributed by atoms with E-state index in [1.807, 2.05) is 12.1 Å². The van der Waals surface area contributed by atoms with Crippen LogP contribution in [0.5, 0.6) is 0 Å². The van der Waals surface area contributed by atoms with E-state index in [0.717, 1.165) is 61.4 Å². The third-order valence-electron chi connectivity index (χ3n) is 5.91. The summed E-state index contributed by atoms with van der Waals surface area (Å²) < 4.78 is 0. The lowest BCUT2D eigenvalue weighted by Crippen LogP contribution is -2.56. The van der Waals surface area contributed by atoms with Gasteiger partial charge in [0.25, 0.3) is 0 Å². The smallest absolute Gasteiger partial charge is 0.224 e. The minimum atomic E-state index is 0.0953. The number of nitrogens with two attached hydrogens (primary N) is 1. The van der Waals surface area contributed by atoms with Crippen LogP contribution >= 0.6 is 0 Å². The van der Waals surface area contributed by atoms with E-state index in [2.05, 4.69) is 44.6 Å². The second kappa shape index (κ2) is 8.24. The third kappa shape index (κ3) is 4.15. The predicted octanol–water partition coefficient (Wildman–Crippen LogP) is 1.33. The molecule has 2 fully saturated rings. The molecule has 3 heterocycles. The van der Waals surface area contributed by atoms with Crippen LogP contribution in [0, 0.1) is 12.8 Å². The predicted molar refractivity (Wildman–Crippen MR) is 109 cm³/mol. The molecule has 2 saturated heterocycles. The molecule has 7 heteroatoms. The summed E-state index contributed by atoms with van der Waals surface area (Å²) in [5.74, 6) is 0.535. The number of aryl methyl sites for hydroxylation is 1. The molecule has 0 bridgehead atoms. The van der Waals surface area contributed by atoms with E-state index in [1.54, 1.807) is 6.20 Å². The van der Waals surface area contributed by atoms with Gasteiger partial charge < -0.3 is 16.4 Å². The van der Waals surface area contributed by atoms with Gasteiger partial charge in [-0.2, -0.15) is 0 Å². The number of amides is 1. The normalized spacial score (nSPS) is 22.5. The number of nitrogens with zero attached hydrogens (tertiary/aromatic N) is 3. The number of hydrogen-bond acceptors (Lipinski definition) is 6. The first kappa shape index (κ1) is 18.8. The number of anilines is 1. The highest BCUT2D eigenvalue weighted by Crippen LogP contribution is 2.24. The van der Waals surface area contributed by atoms with E-state index in [-0.39, 0.29) is 17.8 Å². The minimum absolute atomic E-state index is 0.0953. The molecule has 4 N–H and O–H groups in total. The summed E-state index contributed by atoms with van der Waals surface area (Å²) in [4.78, 5) is 23.4. The fourth-order valence-corrected chi connectivity index (χ4v) is 4.22. The van der Waals surface area contributed by atoms with Crippen LogP contribution in [-0.2, 0) is 11.3 Å². The fraction of sp³-hybridized carbons (Fsp3) is 0.476. The van der Waals surface area contributed by atoms with E-state index >= 15 is 0 Å². The Bertz CT molecular complexity index is 855. The van der Waals surface area contributed by atoms with Crippen molar-refractivity contribution in [1.82, 2.24) is 25.5 Å². The van der Waals surface area contributed by atoms with Gasteiger partial charge in [-0.25, -0.2) is 9.97 Å². The lowest BCUT2D eigenvalue weighted by atomic mass is 9.91. The van der Waals surface area contributed by atoms with Crippen molar-refractivity contribution in [3.63, 3.8) is 0 Å². The molecule has 28 heavy (non-hydrogen) atoms. The number of carbonyl (C=O) groups is 1. The zero-order valence-corrected chi connectivity index (χ0v) is 16.3. The summed E-state index contributed by atoms with van der Waals surface area (Å²) in [5, 5.41) is 6.59. The number of nitrogens with one attached hydrogen (secondary N) is 2. The van der Waals surface area contributed by atoms with Crippen molar-refractivity contribution in [3.8, 4) is 11.3 Å². The van der Waals surface area contributed by atoms with Gasteiger partial charge in [-0.3, -0.25) is 9.69 Å². The number of aromatic nitrogens is 2. The van der Waals surface area contributed by atoms with Crippen molar-refractivity contribution in [1.29, 1.82) is 0 Å². The highest BCUT2D eigenvalue weighted by molar-refractivity contribution is 5.79. The Balaban J connectivity index is 1.36. The van der Waals surface area contributed by atoms with Crippen molar-refractivity contribution in [2.45, 2.75) is 32.4 Å². The Morgan fingerprint density at radius 2 is 2.25 bits per heavy atom. The standard InChI is InChI=1S/C21H28N6O/c1-14-10-15(19-6-7-24-21(22)26-19)2-3-16(14)11-25-20(28)17-4-5-18-12-23-8-9-27(18)13-17/h2-3,6-7,10,17-18,23H,4-5,8-9,11-13H2,1H3,(H,25,28)(H2,22,24,26). The zero-order valence-electron chi connectivity index (χ0n) is 16.3. The molecule has 0 spiro atoms. The molecule has 2 aliphatic rings. The maximum atomic E-state index is 12.7. The first-order valence-electron chi connectivity index (χ1n) is 10.0. The molecule has 148 valence electrons. The summed E-state index contributed by atoms with van der Waals surface area (Å²) in [6.45, 7) is 6.61. The summed E-state index contributed by atoms with van der Waals surface area (Å²) >= 11 is 0. The van der Waals surface area contributed by atoms with Gasteiger partial charge in [0.2, 0.25) is 11.9 Å². The molecule has 1 amide bonds. The topological polar surface area (TPSA) is 96.2 Å². The average molecular weight is 380 g/mol. The van der Waals surface area contributed by atoms with Crippen molar-refractivity contribution < 1.29 is 4.79 Å². The molecule has 2 atom stereocenters. The number of nitrogen functional groups attached to an aromatic ring is 1. The van der Waals surface area contributed by atoms with Gasteiger partial charge >= 0.3 is 0 Å². The third-order valence-corrected chi connectivity index (χ3v) is 5.91. The van der Waals surface area contributed by atoms with E-state index in [9.17, 15) is 4.79 Å². The maximum absolute atomic E-state index is 12.7. The highest BCUT2D eigenvalue weighted by atomic mass is 16.1. The average Bonchev–Trinajstić information content (AvgIpc) is 2.72. The van der Waals surface area contributed by atoms with Crippen molar-refractivity contribution in [2.75, 3.05) is 31.9 Å². The monoisotopic (exact) mass is 380 g/mol. The maximum Gasteiger partial charge on any atom is 0.224 e. The van der Waals surface area contributed by atoms with Crippen LogP contribution in [0.25, 0.3) is 11.3 Å². The van der Waals surface area contributed by atoms with E-state index in [0.29, 0.717) is 12.6 Å². The van der Waals surface area contributed by atoms with Crippen molar-refractivity contribution >= 4 is 11.9 Å². The van der Waals surface area contributed by atoms with Gasteiger partial charge in [0, 0.05) is 50.5 Å². The highest BCUT2D eigenvalue weighted by Gasteiger charge is 2.33. The number of rotatable bonds is 4. The summed E-state index contributed by atoms with van der Waals surface area (Å²) in [5.41, 5.74) is 9.73. The Labute approximate surface area is 165 Å². The first-order chi connectivity index (χ1) is 13.6. The number of piperazine rings is 1. The van der Waals surface area contributed by atoms with E-state index in [1.165, 1.54) is 0 Å². The molecule has 2 aromatic rings. The SMILES string of the molecule is Cc1cc(-c2ccnc(N)n2)ccc1CNC(=O)C1CCC2CNCCN2C1. The van der Waals surface area contributed by atoms with Gasteiger partial charge in [-0.15, -0.1) is 0 Å². The molecule has 1 aromatic carbocycles. The van der Waals surface area contributed by atoms with Crippen LogP contribution < -0.4 is 16.4 Å². The van der Waals surface area contributed by atoms with Crippen LogP contribution in [0.1, 0.15) is 24.0 Å². The molecule has 1 aromatic heterocycles. The second-order valence-corrected chi connectivity index (χ2v) is 7.79. The van der Waals surface area contributed by atoms with Crippen molar-refractivity contribution in [2.24, 2.45) is 5.92 Å². The Kier molecular flexibility index (Phi) is 5.54. The lowest BCUT2D eigenvalue weighted by Gasteiger charge is -2.42. The van der Waals surface area contributed by atoms with E-state index < -0.39 is 0 Å². The quantitative estimate of drug-likeness (QED) is 0.741. The number of carbonyl (C=O) groups excluding carboxylic acids is 1. The van der Waals surface area contributed by atoms with Crippen LogP contribution in [0.2, 0.25) is 0 Å². The van der Waals surface area contributed by atoms with Gasteiger partial charge in [0.1, 0.15) is 0 Å². The molecule has 0 saturated carbocycles. The molecular weight excluding hydrogens is 352 g/mol. The molecule has 7 nitrogen and oxygen atoms in total. The Hall–Kier alpha value is -2.51. The van der Waals surface area contributed by atoms with Crippen LogP contribution in [0.15, 0.2) is 30.5 Å². The van der Waals surface area contributed by atoms with Gasteiger partial charge in [-0.05, 0) is 43.0 Å². The summed E-state index contributed by atoms with van der Waals surface area (Å²) in [6.07, 6.45) is 3.73. The number of piperidine rings is 1. The van der Waals surface area contributed by atoms with Crippen LogP contribution in [0.4, 0.5) is 5.95 Å². The fourth-order valence-electron chi connectivity index (χ4n) is 4.22. The minimum Gasteiger partial charge on any atom is -0.368 e. The van der Waals surface area contributed by atoms with Crippen LogP contribution in [0.3, 0.4) is 0 Å². The number of benzene rings is 1. The molecule has 2 unspecified atom stereocenters. The number of fused-ring (bicyclic) bond motifs is 1. The Morgan fingerprint density at radius 3 is 3.07 bits per heavy atom. The summed E-state index contributed by atoms with van der Waals surface area (Å²) in [7, 11) is 0. The van der Waals surface area contributed by atoms with Gasteiger partial charge in [-0.1, -0.05) is 12.1 Å². The van der Waals surface area contributed by atoms with Crippen LogP contribution in [-0.4, -0.2) is 53.0 Å². The zero-order chi connectivity index (χ0) is 19.5. The largest absolute Gasteiger partial charge is 0.368 e. The number of hydrogen-bond donors (Lipinski definition) is 3. The summed E-state index contributed by atoms with van der Waals surface area (Å²) in [6, 6.07) is 8.59. The van der Waals surface area contributed by atoms with Gasteiger partial charge in [0.15, 0.2) is 0 Å². The molecule has 0 aliphatic carbocycles. The second-order valence-electron chi connectivity index (χ2n) is 7.79. The Morgan fingerprint density at radius 1 is 1.36 bits per heavy atom. The van der Waals surface area contributed by atoms with Gasteiger partial charge in [0.05, 0.1) is 11.6 Å². The molecule has 0 radical (unpaired) electrons. The lowest BCUT2D eigenvalue weighted by molar-refractivity contribution is -0.127. The van der Waals surface area contributed by atoms with Crippen molar-refractivity contribution in [3.05, 3.63) is 41.6 Å². The molecule has 2 aliphatic heterocycles. The van der Waals surface area contributed by atoms with E-state index in [4.69, 9.17) is 5.73 Å². The molecule has 4 rings (SSSR count).